The van der Waals surface area contributed by atoms with E-state index in [9.17, 15) is 0 Å². The van der Waals surface area contributed by atoms with Gasteiger partial charge in [0.2, 0.25) is 0 Å². The second kappa shape index (κ2) is 40.4. The van der Waals surface area contributed by atoms with Crippen LogP contribution in [0.4, 0.5) is 0 Å². The molecular weight excluding hydrogens is 1220 g/mol. The molecule has 1 aliphatic heterocycles. The quantitative estimate of drug-likeness (QED) is 0.0400. The van der Waals surface area contributed by atoms with Crippen molar-refractivity contribution in [1.29, 1.82) is 0 Å². The summed E-state index contributed by atoms with van der Waals surface area (Å²) >= 11 is 0. The van der Waals surface area contributed by atoms with Gasteiger partial charge in [-0.1, -0.05) is 315 Å². The smallest absolute Gasteiger partial charge is 0.116 e. The lowest BCUT2D eigenvalue weighted by molar-refractivity contribution is -0.266. The van der Waals surface area contributed by atoms with E-state index in [1.54, 1.807) is 0 Å². The van der Waals surface area contributed by atoms with E-state index in [0.29, 0.717) is 0 Å². The van der Waals surface area contributed by atoms with Crippen LogP contribution in [-0.2, 0) is 123 Å². The van der Waals surface area contributed by atoms with E-state index in [1.807, 2.05) is 194 Å². The fraction of sp³-hybridized carbons (Fsp3) is 0.279. The third-order valence-corrected chi connectivity index (χ3v) is 17.1. The van der Waals surface area contributed by atoms with Crippen molar-refractivity contribution in [1.82, 2.24) is 0 Å². The summed E-state index contributed by atoms with van der Waals surface area (Å²) in [7, 11) is 0. The van der Waals surface area contributed by atoms with E-state index in [1.165, 1.54) is 0 Å². The molecule has 0 radical (unpaired) electrons. The minimum Gasteiger partial charge on any atom is -0.375 e. The van der Waals surface area contributed by atoms with Crippen molar-refractivity contribution in [2.45, 2.75) is 127 Å². The molecule has 1 heterocycles. The fourth-order valence-electron chi connectivity index (χ4n) is 11.9. The van der Waals surface area contributed by atoms with Gasteiger partial charge in [0, 0.05) is 0 Å². The molecule has 0 aromatic heterocycles. The van der Waals surface area contributed by atoms with E-state index in [0.717, 1.165) is 55.6 Å². The van der Waals surface area contributed by atoms with Crippen LogP contribution in [0.3, 0.4) is 0 Å². The Bertz CT molecular complexity index is 3470. The van der Waals surface area contributed by atoms with Crippen LogP contribution < -0.4 is 0 Å². The Labute approximate surface area is 578 Å². The molecule has 98 heavy (non-hydrogen) atoms. The van der Waals surface area contributed by atoms with Crippen molar-refractivity contribution in [3.05, 3.63) is 371 Å². The normalized spacial score (nSPS) is 21.5. The number of benzene rings is 10. The summed E-state index contributed by atoms with van der Waals surface area (Å²) in [6.45, 7) is 2.20. The molecule has 0 saturated carbocycles. The summed E-state index contributed by atoms with van der Waals surface area (Å²) in [5, 5.41) is 0. The van der Waals surface area contributed by atoms with E-state index < -0.39 is 61.0 Å². The van der Waals surface area contributed by atoms with Gasteiger partial charge in [0.1, 0.15) is 61.0 Å². The van der Waals surface area contributed by atoms with Crippen molar-refractivity contribution in [3.8, 4) is 0 Å². The van der Waals surface area contributed by atoms with Crippen molar-refractivity contribution < 1.29 is 56.8 Å². The Morgan fingerprint density at radius 2 is 0.327 bits per heavy atom. The van der Waals surface area contributed by atoms with Crippen LogP contribution in [0.1, 0.15) is 55.6 Å². The van der Waals surface area contributed by atoms with E-state index in [-0.39, 0.29) is 92.5 Å². The number of ether oxygens (including phenoxy) is 12. The molecule has 10 aromatic carbocycles. The largest absolute Gasteiger partial charge is 0.375 e. The topological polar surface area (TPSA) is 111 Å². The highest BCUT2D eigenvalue weighted by atomic mass is 16.6. The Morgan fingerprint density at radius 1 is 0.184 bits per heavy atom. The van der Waals surface area contributed by atoms with Crippen LogP contribution in [0.5, 0.6) is 0 Å². The zero-order valence-electron chi connectivity index (χ0n) is 55.6. The lowest BCUT2D eigenvalue weighted by Gasteiger charge is -2.46. The second-order valence-corrected chi connectivity index (χ2v) is 24.3. The zero-order valence-corrected chi connectivity index (χ0v) is 55.6. The van der Waals surface area contributed by atoms with Gasteiger partial charge in [-0.15, -0.1) is 0 Å². The second-order valence-electron chi connectivity index (χ2n) is 24.3. The van der Waals surface area contributed by atoms with Crippen LogP contribution in [0.2, 0.25) is 0 Å². The van der Waals surface area contributed by atoms with Gasteiger partial charge in [-0.05, 0) is 55.6 Å². The molecule has 0 spiro atoms. The van der Waals surface area contributed by atoms with Gasteiger partial charge >= 0.3 is 0 Å². The van der Waals surface area contributed by atoms with Gasteiger partial charge in [-0.3, -0.25) is 0 Å². The molecular formula is C86H90O12. The van der Waals surface area contributed by atoms with Gasteiger partial charge in [0.25, 0.3) is 0 Å². The van der Waals surface area contributed by atoms with Gasteiger partial charge in [0.05, 0.1) is 92.5 Å². The molecule has 3 unspecified atom stereocenters. The molecule has 506 valence electrons. The maximum atomic E-state index is 7.86. The summed E-state index contributed by atoms with van der Waals surface area (Å²) < 4.78 is 89.9. The van der Waals surface area contributed by atoms with E-state index in [2.05, 4.69) is 121 Å². The Kier molecular flexibility index (Phi) is 29.2. The van der Waals surface area contributed by atoms with Gasteiger partial charge in [-0.2, -0.15) is 0 Å². The van der Waals surface area contributed by atoms with Gasteiger partial charge in [0.15, 0.2) is 0 Å². The molecule has 11 rings (SSSR count). The first kappa shape index (κ1) is 70.8. The molecule has 0 amide bonds. The maximum Gasteiger partial charge on any atom is 0.116 e. The molecule has 0 N–H and O–H groups in total. The Morgan fingerprint density at radius 3 is 0.500 bits per heavy atom. The predicted molar refractivity (Wildman–Crippen MR) is 381 cm³/mol. The summed E-state index contributed by atoms with van der Waals surface area (Å²) in [6, 6.07) is 102. The highest BCUT2D eigenvalue weighted by Gasteiger charge is 2.52. The SMILES string of the molecule is C1=C\COC[C@H](OCc2ccccc2)[C@@H](OCc2ccccc2)C(OCc2ccccc2)[C@H](OCc2ccccc2)[C@@H](OCc2ccccc2)[C@@H](OCc2ccccc2)C(OCc2ccccc2)[C@@H](OCc2ccccc2)C(OCc2ccccc2)[C@@H](OCc2ccccc2)COC/1. The molecule has 10 aromatic rings. The lowest BCUT2D eigenvalue weighted by atomic mass is 9.88. The third-order valence-electron chi connectivity index (χ3n) is 17.1. The first-order valence-corrected chi connectivity index (χ1v) is 34.0. The van der Waals surface area contributed by atoms with Gasteiger partial charge in [-0.25, -0.2) is 0 Å². The summed E-state index contributed by atoms with van der Waals surface area (Å²) in [4.78, 5) is 0. The molecule has 0 saturated heterocycles. The van der Waals surface area contributed by atoms with Gasteiger partial charge < -0.3 is 56.8 Å². The minimum atomic E-state index is -1.12. The molecule has 0 fully saturated rings. The third kappa shape index (κ3) is 23.0. The van der Waals surface area contributed by atoms with Crippen molar-refractivity contribution in [3.63, 3.8) is 0 Å². The van der Waals surface area contributed by atoms with Crippen molar-refractivity contribution >= 4 is 0 Å². The van der Waals surface area contributed by atoms with E-state index in [4.69, 9.17) is 56.8 Å². The van der Waals surface area contributed by atoms with Crippen molar-refractivity contribution in [2.75, 3.05) is 26.4 Å². The van der Waals surface area contributed by atoms with Crippen LogP contribution in [-0.4, -0.2) is 87.5 Å². The molecule has 10 atom stereocenters. The Hall–Kier alpha value is -8.54. The highest BCUT2D eigenvalue weighted by molar-refractivity contribution is 5.22. The zero-order chi connectivity index (χ0) is 66.7. The molecule has 0 bridgehead atoms. The van der Waals surface area contributed by atoms with Crippen LogP contribution >= 0.6 is 0 Å². The summed E-state index contributed by atoms with van der Waals surface area (Å²) in [6.07, 6.45) is -6.06. The van der Waals surface area contributed by atoms with Crippen LogP contribution in [0.15, 0.2) is 315 Å². The average Bonchev–Trinajstić information content (AvgIpc) is 0.787. The lowest BCUT2D eigenvalue weighted by Crippen LogP contribution is -2.62. The van der Waals surface area contributed by atoms with Crippen molar-refractivity contribution in [2.24, 2.45) is 0 Å². The predicted octanol–water partition coefficient (Wildman–Crippen LogP) is 16.4. The molecule has 12 heteroatoms. The number of rotatable bonds is 30. The average molecular weight is 1320 g/mol. The number of hydrogen-bond donors (Lipinski definition) is 0. The molecule has 0 aliphatic carbocycles. The first-order chi connectivity index (χ1) is 48.6. The highest BCUT2D eigenvalue weighted by Crippen LogP contribution is 2.35. The number of hydrogen-bond acceptors (Lipinski definition) is 12. The maximum absolute atomic E-state index is 7.86. The fourth-order valence-corrected chi connectivity index (χ4v) is 11.9. The van der Waals surface area contributed by atoms with Crippen LogP contribution in [0.25, 0.3) is 0 Å². The standard InChI is InChI=1S/C86H90O12/c1-11-33-67(34-12-1)55-89-77-65-87-53-31-32-54-88-66-78(90-56-68-35-13-2-14-36-68)80(92-58-70-39-17-4-18-40-70)82(94-60-72-43-21-6-22-44-72)84(96-62-74-47-25-8-26-48-74)86(98-64-76-51-29-10-30-52-76)85(97-63-75-49-27-9-28-50-75)83(95-61-73-45-23-7-24-46-73)81(93-59-71-41-19-5-20-42-71)79(77)91-57-69-37-15-3-16-38-69/h1-52,77-86H,53-66H2/b32-31-/t77-,78-,79+,80?,81?,82-,83-,84?,85+,86-/m0/s1. The summed E-state index contributed by atoms with van der Waals surface area (Å²) in [5.41, 5.74) is 9.34. The minimum absolute atomic E-state index is 0.0889. The first-order valence-electron chi connectivity index (χ1n) is 34.0. The van der Waals surface area contributed by atoms with E-state index >= 15 is 0 Å². The summed E-state index contributed by atoms with van der Waals surface area (Å²) in [5.74, 6) is 0. The molecule has 1 aliphatic rings. The van der Waals surface area contributed by atoms with Crippen LogP contribution in [0, 0.1) is 0 Å². The Balaban J connectivity index is 1.18. The molecule has 12 nitrogen and oxygen atoms in total. The monoisotopic (exact) mass is 1310 g/mol.